The van der Waals surface area contributed by atoms with Gasteiger partial charge in [0.1, 0.15) is 36.3 Å². The molecule has 1 fully saturated rings. The summed E-state index contributed by atoms with van der Waals surface area (Å²) in [4.78, 5) is 148. The van der Waals surface area contributed by atoms with E-state index in [9.17, 15) is 58.2 Å². The molecule has 33 heteroatoms. The normalized spacial score (nSPS) is 23.4. The van der Waals surface area contributed by atoms with E-state index in [0.29, 0.717) is 6.42 Å². The first-order valence-electron chi connectivity index (χ1n) is 21.8. The maximum absolute atomic E-state index is 13.9. The summed E-state index contributed by atoms with van der Waals surface area (Å²) in [5, 5.41) is 46.7. The van der Waals surface area contributed by atoms with Gasteiger partial charge >= 0.3 is 5.97 Å². The van der Waals surface area contributed by atoms with Gasteiger partial charge in [-0.2, -0.15) is 0 Å². The Labute approximate surface area is 416 Å². The van der Waals surface area contributed by atoms with Crippen LogP contribution >= 0.6 is 21.6 Å². The maximum Gasteiger partial charge on any atom is 0.327 e. The van der Waals surface area contributed by atoms with Crippen LogP contribution in [0.2, 0.25) is 0 Å². The van der Waals surface area contributed by atoms with Crippen LogP contribution in [0.4, 0.5) is 0 Å². The van der Waals surface area contributed by atoms with Crippen molar-refractivity contribution in [3.63, 3.8) is 0 Å². The van der Waals surface area contributed by atoms with Crippen LogP contribution in [0.15, 0.2) is 9.98 Å². The lowest BCUT2D eigenvalue weighted by atomic mass is 10.0. The number of hydrogen-bond donors (Lipinski definition) is 18. The van der Waals surface area contributed by atoms with Crippen molar-refractivity contribution in [1.82, 2.24) is 42.5 Å². The number of carboxylic acids is 2. The van der Waals surface area contributed by atoms with Crippen molar-refractivity contribution < 1.29 is 68.1 Å². The number of guanidine groups is 2. The van der Waals surface area contributed by atoms with E-state index in [1.807, 2.05) is 0 Å². The Bertz CT molecular complexity index is 1890. The summed E-state index contributed by atoms with van der Waals surface area (Å²) in [5.74, 6) is -11.9. The predicted octanol–water partition coefficient (Wildman–Crippen LogP) is -8.48. The number of aliphatic hydroxyl groups excluding tert-OH is 1. The lowest BCUT2D eigenvalue weighted by Gasteiger charge is -2.28. The molecule has 0 saturated carbocycles. The number of amides is 9. The Morgan fingerprint density at radius 2 is 1.06 bits per heavy atom. The van der Waals surface area contributed by atoms with Crippen molar-refractivity contribution in [3.8, 4) is 0 Å². The maximum atomic E-state index is 13.9. The highest BCUT2D eigenvalue weighted by Gasteiger charge is 2.35. The molecule has 0 aromatic carbocycles. The van der Waals surface area contributed by atoms with E-state index >= 15 is 0 Å². The number of aliphatic hydroxyl groups is 1. The minimum atomic E-state index is -1.78. The molecule has 0 aromatic rings. The number of nitrogens with one attached hydrogen (secondary N) is 8. The number of primary amides is 1. The molecular formula is C38H69N17O14S2. The van der Waals surface area contributed by atoms with Gasteiger partial charge in [-0.15, -0.1) is 0 Å². The van der Waals surface area contributed by atoms with Crippen LogP contribution < -0.4 is 82.7 Å². The molecule has 1 aliphatic heterocycles. The monoisotopic (exact) mass is 1050 g/mol. The number of unbranched alkanes of at least 4 members (excludes halogenated alkanes) is 1. The SMILES string of the molecule is CC(=O)O.CC(O)C1NC(=O)C(CCCN=C(N)N)NC(=O)C(CCCCN)NC(=O)C(CC(N)=O)NC(=O)CNC(=O)C(N)CSSCC(C(=O)O)NC(=O)CNC(=O)C(CCCN=C(N)N)NC1=O. The zero-order valence-corrected chi connectivity index (χ0v) is 40.9. The minimum Gasteiger partial charge on any atom is -0.481 e. The lowest BCUT2D eigenvalue weighted by molar-refractivity contribution is -0.141. The van der Waals surface area contributed by atoms with Gasteiger partial charge < -0.3 is 98.0 Å². The van der Waals surface area contributed by atoms with Crippen molar-refractivity contribution in [3.05, 3.63) is 0 Å². The molecule has 1 heterocycles. The molecule has 1 rings (SSSR count). The van der Waals surface area contributed by atoms with Crippen LogP contribution in [-0.2, 0) is 52.7 Å². The highest BCUT2D eigenvalue weighted by molar-refractivity contribution is 8.76. The summed E-state index contributed by atoms with van der Waals surface area (Å²) in [6.45, 7) is 0.935. The third-order valence-corrected chi connectivity index (χ3v) is 11.7. The highest BCUT2D eigenvalue weighted by atomic mass is 33.1. The molecule has 1 aliphatic rings. The standard InChI is InChI=1S/C36H65N17O12S2.C2H4O2/c1-17(54)27-33(63)52-19(7-4-10-44-35(40)41)29(59)47-14-26(57)49-23(34(64)65)16-67-66-15-18(38)28(58)46-13-25(56)48-22(12-24(39)55)32(62)51-20(6-2-3-9-37)30(60)50-21(31(61)53-27)8-5-11-45-36(42)43;1-2(3)4/h17-23,27,54H,2-16,37-38H2,1H3,(H2,39,55)(H,46,58)(H,47,59)(H,48,56)(H,49,57)(H,50,60)(H,51,62)(H,52,63)(H,53,61)(H,64,65)(H4,40,41,44)(H4,42,43,45);1H3,(H,3,4). The number of rotatable bonds is 16. The number of nitrogens with zero attached hydrogens (tertiary/aromatic N) is 2. The van der Waals surface area contributed by atoms with Crippen molar-refractivity contribution in [1.29, 1.82) is 0 Å². The number of nitrogens with two attached hydrogens (primary N) is 7. The molecule has 9 amide bonds. The third kappa shape index (κ3) is 29.8. The zero-order chi connectivity index (χ0) is 54.2. The Hall–Kier alpha value is -6.71. The van der Waals surface area contributed by atoms with Crippen LogP contribution in [0.25, 0.3) is 0 Å². The first-order chi connectivity index (χ1) is 33.3. The molecule has 402 valence electrons. The van der Waals surface area contributed by atoms with E-state index in [1.54, 1.807) is 0 Å². The average Bonchev–Trinajstić information content (AvgIpc) is 3.27. The van der Waals surface area contributed by atoms with Crippen LogP contribution in [-0.4, -0.2) is 185 Å². The van der Waals surface area contributed by atoms with Crippen molar-refractivity contribution in [2.45, 2.75) is 114 Å². The Morgan fingerprint density at radius 3 is 1.54 bits per heavy atom. The molecule has 71 heavy (non-hydrogen) atoms. The van der Waals surface area contributed by atoms with E-state index in [-0.39, 0.29) is 81.6 Å². The number of hydrogen-bond acceptors (Lipinski definition) is 18. The molecule has 31 nitrogen and oxygen atoms in total. The van der Waals surface area contributed by atoms with Gasteiger partial charge in [-0.3, -0.25) is 57.9 Å². The Balaban J connectivity index is 0.0000118. The topological polar surface area (TPSA) is 552 Å². The van der Waals surface area contributed by atoms with Gasteiger partial charge in [0.2, 0.25) is 53.2 Å². The van der Waals surface area contributed by atoms with Crippen LogP contribution in [0, 0.1) is 0 Å². The summed E-state index contributed by atoms with van der Waals surface area (Å²) < 4.78 is 0. The molecule has 25 N–H and O–H groups in total. The van der Waals surface area contributed by atoms with Crippen molar-refractivity contribution >= 4 is 98.6 Å². The van der Waals surface area contributed by atoms with Gasteiger partial charge in [0.05, 0.1) is 31.7 Å². The molecule has 8 unspecified atom stereocenters. The summed E-state index contributed by atoms with van der Waals surface area (Å²) in [6, 6.07) is -10.5. The minimum absolute atomic E-state index is 0.0000806. The Kier molecular flexibility index (Phi) is 32.1. The number of aliphatic imine (C=N–C) groups is 2. The summed E-state index contributed by atoms with van der Waals surface area (Å²) in [7, 11) is 1.90. The van der Waals surface area contributed by atoms with E-state index in [1.165, 1.54) is 0 Å². The van der Waals surface area contributed by atoms with Crippen molar-refractivity contribution in [2.24, 2.45) is 50.1 Å². The van der Waals surface area contributed by atoms with Gasteiger partial charge in [0.25, 0.3) is 5.97 Å². The Morgan fingerprint density at radius 1 is 0.620 bits per heavy atom. The number of aliphatic carboxylic acids is 2. The number of carbonyl (C=O) groups excluding carboxylic acids is 9. The fourth-order valence-corrected chi connectivity index (χ4v) is 8.03. The quantitative estimate of drug-likeness (QED) is 0.0295. The predicted molar refractivity (Wildman–Crippen MR) is 260 cm³/mol. The first-order valence-corrected chi connectivity index (χ1v) is 24.3. The van der Waals surface area contributed by atoms with Crippen LogP contribution in [0.1, 0.15) is 65.2 Å². The molecule has 1 saturated heterocycles. The van der Waals surface area contributed by atoms with E-state index in [4.69, 9.17) is 50.0 Å². The second-order valence-corrected chi connectivity index (χ2v) is 18.0. The van der Waals surface area contributed by atoms with Gasteiger partial charge in [-0.25, -0.2) is 4.79 Å². The largest absolute Gasteiger partial charge is 0.481 e. The van der Waals surface area contributed by atoms with Gasteiger partial charge in [0, 0.05) is 31.5 Å². The van der Waals surface area contributed by atoms with Crippen molar-refractivity contribution in [2.75, 3.05) is 44.2 Å². The third-order valence-electron chi connectivity index (χ3n) is 9.24. The molecule has 8 atom stereocenters. The van der Waals surface area contributed by atoms with E-state index in [2.05, 4.69) is 52.5 Å². The summed E-state index contributed by atoms with van der Waals surface area (Å²) >= 11 is 0. The molecule has 0 aliphatic carbocycles. The number of carbonyl (C=O) groups is 11. The molecular weight excluding hydrogens is 983 g/mol. The fourth-order valence-electron chi connectivity index (χ4n) is 5.75. The number of carboxylic acid groups (broad SMARTS) is 2. The lowest BCUT2D eigenvalue weighted by Crippen LogP contribution is -2.61. The molecule has 0 radical (unpaired) electrons. The van der Waals surface area contributed by atoms with E-state index < -0.39 is 133 Å². The first kappa shape index (κ1) is 64.3. The van der Waals surface area contributed by atoms with Crippen LogP contribution in [0.5, 0.6) is 0 Å². The second-order valence-electron chi connectivity index (χ2n) is 15.5. The van der Waals surface area contributed by atoms with Gasteiger partial charge in [0.15, 0.2) is 11.9 Å². The van der Waals surface area contributed by atoms with Gasteiger partial charge in [-0.05, 0) is 58.4 Å². The smallest absolute Gasteiger partial charge is 0.327 e. The second kappa shape index (κ2) is 35.4. The van der Waals surface area contributed by atoms with E-state index in [0.717, 1.165) is 35.4 Å². The average molecular weight is 1050 g/mol. The van der Waals surface area contributed by atoms with Crippen LogP contribution in [0.3, 0.4) is 0 Å². The molecule has 0 bridgehead atoms. The molecule has 0 aromatic heterocycles. The highest BCUT2D eigenvalue weighted by Crippen LogP contribution is 2.22. The fraction of sp³-hybridized carbons (Fsp3) is 0.658. The zero-order valence-electron chi connectivity index (χ0n) is 39.3. The molecule has 0 spiro atoms. The van der Waals surface area contributed by atoms with Gasteiger partial charge in [-0.1, -0.05) is 21.6 Å². The summed E-state index contributed by atoms with van der Waals surface area (Å²) in [6.07, 6.45) is -1.95. The summed E-state index contributed by atoms with van der Waals surface area (Å²) in [5.41, 5.74) is 38.6.